The smallest absolute Gasteiger partial charge is 0.124 e. The van der Waals surface area contributed by atoms with E-state index in [2.05, 4.69) is 74.4 Å². The molecule has 0 unspecified atom stereocenters. The fraction of sp³-hybridized carbons (Fsp3) is 0.250. The SMILES string of the molecule is Cc1ccc(-c2c(CN)c(CC(C)C)nc3ccc(-c4n[c]cs4)cc23)cc1. The molecule has 3 nitrogen and oxygen atoms in total. The minimum atomic E-state index is 0.476. The standard InChI is InChI=1S/C24H24N3S/c1-15(2)12-22-20(14-25)23(17-6-4-16(3)5-7-17)19-13-18(8-9-21(19)27-22)24-26-10-11-28-24/h4-9,11,13,15H,12,14,25H2,1-3H3. The maximum absolute atomic E-state index is 6.26. The summed E-state index contributed by atoms with van der Waals surface area (Å²) >= 11 is 1.60. The summed E-state index contributed by atoms with van der Waals surface area (Å²) < 4.78 is 0. The largest absolute Gasteiger partial charge is 0.326 e. The predicted molar refractivity (Wildman–Crippen MR) is 118 cm³/mol. The minimum absolute atomic E-state index is 0.476. The van der Waals surface area contributed by atoms with Crippen molar-refractivity contribution in [2.24, 2.45) is 11.7 Å². The van der Waals surface area contributed by atoms with Crippen molar-refractivity contribution >= 4 is 22.2 Å². The fourth-order valence-electron chi connectivity index (χ4n) is 3.64. The summed E-state index contributed by atoms with van der Waals surface area (Å²) in [6.45, 7) is 7.03. The molecular weight excluding hydrogens is 362 g/mol. The van der Waals surface area contributed by atoms with E-state index in [-0.39, 0.29) is 0 Å². The summed E-state index contributed by atoms with van der Waals surface area (Å²) in [6.07, 6.45) is 3.84. The molecule has 0 bridgehead atoms. The summed E-state index contributed by atoms with van der Waals surface area (Å²) in [5.74, 6) is 0.520. The number of hydrogen-bond donors (Lipinski definition) is 1. The van der Waals surface area contributed by atoms with Crippen LogP contribution in [0.25, 0.3) is 32.6 Å². The molecule has 2 N–H and O–H groups in total. The van der Waals surface area contributed by atoms with Gasteiger partial charge in [0.05, 0.1) is 5.52 Å². The molecule has 0 saturated heterocycles. The van der Waals surface area contributed by atoms with Gasteiger partial charge in [0.2, 0.25) is 0 Å². The zero-order valence-electron chi connectivity index (χ0n) is 16.5. The number of hydrogen-bond acceptors (Lipinski definition) is 4. The highest BCUT2D eigenvalue weighted by Gasteiger charge is 2.17. The van der Waals surface area contributed by atoms with Crippen LogP contribution in [0.15, 0.2) is 47.8 Å². The average molecular weight is 387 g/mol. The number of aromatic nitrogens is 2. The molecule has 0 aliphatic heterocycles. The highest BCUT2D eigenvalue weighted by molar-refractivity contribution is 7.13. The summed E-state index contributed by atoms with van der Waals surface area (Å²) in [6, 6.07) is 15.1. The van der Waals surface area contributed by atoms with Gasteiger partial charge in [0.15, 0.2) is 0 Å². The monoisotopic (exact) mass is 386 g/mol. The lowest BCUT2D eigenvalue weighted by Gasteiger charge is -2.18. The van der Waals surface area contributed by atoms with Gasteiger partial charge in [0, 0.05) is 28.6 Å². The van der Waals surface area contributed by atoms with Crippen molar-refractivity contribution in [2.75, 3.05) is 0 Å². The third-order valence-electron chi connectivity index (χ3n) is 4.95. The maximum atomic E-state index is 6.26. The Morgan fingerprint density at radius 3 is 2.46 bits per heavy atom. The Labute approximate surface area is 170 Å². The molecule has 2 heterocycles. The predicted octanol–water partition coefficient (Wildman–Crippen LogP) is 5.79. The van der Waals surface area contributed by atoms with Gasteiger partial charge in [-0.2, -0.15) is 0 Å². The van der Waals surface area contributed by atoms with E-state index in [1.165, 1.54) is 16.7 Å². The highest BCUT2D eigenvalue weighted by Crippen LogP contribution is 2.36. The molecule has 28 heavy (non-hydrogen) atoms. The summed E-state index contributed by atoms with van der Waals surface area (Å²) in [7, 11) is 0. The van der Waals surface area contributed by atoms with Crippen molar-refractivity contribution in [3.63, 3.8) is 0 Å². The van der Waals surface area contributed by atoms with Gasteiger partial charge < -0.3 is 5.73 Å². The molecule has 0 aliphatic rings. The van der Waals surface area contributed by atoms with Gasteiger partial charge in [-0.1, -0.05) is 43.7 Å². The van der Waals surface area contributed by atoms with Crippen molar-refractivity contribution in [2.45, 2.75) is 33.7 Å². The van der Waals surface area contributed by atoms with Crippen LogP contribution in [0.4, 0.5) is 0 Å². The van der Waals surface area contributed by atoms with Gasteiger partial charge in [0.1, 0.15) is 11.2 Å². The average Bonchev–Trinajstić information content (AvgIpc) is 3.22. The molecule has 0 saturated carbocycles. The van der Waals surface area contributed by atoms with Crippen LogP contribution in [0.5, 0.6) is 0 Å². The zero-order valence-corrected chi connectivity index (χ0v) is 17.3. The third-order valence-corrected chi connectivity index (χ3v) is 5.73. The molecule has 4 aromatic rings. The molecule has 1 radical (unpaired) electrons. The van der Waals surface area contributed by atoms with Gasteiger partial charge in [-0.25, -0.2) is 4.98 Å². The quantitative estimate of drug-likeness (QED) is 0.472. The normalized spacial score (nSPS) is 11.5. The van der Waals surface area contributed by atoms with E-state index >= 15 is 0 Å². The van der Waals surface area contributed by atoms with Crippen LogP contribution in [0.1, 0.15) is 30.7 Å². The molecule has 0 fully saturated rings. The summed E-state index contributed by atoms with van der Waals surface area (Å²) in [4.78, 5) is 9.36. The number of pyridine rings is 1. The van der Waals surface area contributed by atoms with Crippen LogP contribution in [-0.4, -0.2) is 9.97 Å². The highest BCUT2D eigenvalue weighted by atomic mass is 32.1. The van der Waals surface area contributed by atoms with Crippen LogP contribution in [-0.2, 0) is 13.0 Å². The fourth-order valence-corrected chi connectivity index (χ4v) is 4.22. The van der Waals surface area contributed by atoms with Gasteiger partial charge in [-0.15, -0.1) is 11.3 Å². The molecule has 4 rings (SSSR count). The zero-order chi connectivity index (χ0) is 19.7. The van der Waals surface area contributed by atoms with Crippen LogP contribution >= 0.6 is 11.3 Å². The number of nitrogens with two attached hydrogens (primary N) is 1. The second kappa shape index (κ2) is 7.82. The molecule has 4 heteroatoms. The second-order valence-corrected chi connectivity index (χ2v) is 8.45. The Balaban J connectivity index is 2.03. The van der Waals surface area contributed by atoms with Gasteiger partial charge in [0.25, 0.3) is 0 Å². The Morgan fingerprint density at radius 1 is 1.07 bits per heavy atom. The topological polar surface area (TPSA) is 51.8 Å². The first-order valence-corrected chi connectivity index (χ1v) is 10.5. The first kappa shape index (κ1) is 18.8. The molecule has 0 atom stereocenters. The van der Waals surface area contributed by atoms with E-state index in [0.717, 1.165) is 39.2 Å². The summed E-state index contributed by atoms with van der Waals surface area (Å²) in [5.41, 5.74) is 14.2. The minimum Gasteiger partial charge on any atom is -0.326 e. The van der Waals surface area contributed by atoms with Crippen LogP contribution < -0.4 is 5.73 Å². The van der Waals surface area contributed by atoms with Crippen molar-refractivity contribution in [3.05, 3.63) is 70.9 Å². The number of aryl methyl sites for hydroxylation is 1. The van der Waals surface area contributed by atoms with Gasteiger partial charge in [-0.05, 0) is 54.2 Å². The molecule has 2 aromatic carbocycles. The first-order chi connectivity index (χ1) is 13.6. The number of rotatable bonds is 5. The van der Waals surface area contributed by atoms with Crippen LogP contribution in [0.3, 0.4) is 0 Å². The Kier molecular flexibility index (Phi) is 5.25. The number of fused-ring (bicyclic) bond motifs is 1. The van der Waals surface area contributed by atoms with Crippen molar-refractivity contribution in [1.82, 2.24) is 9.97 Å². The van der Waals surface area contributed by atoms with Crippen molar-refractivity contribution < 1.29 is 0 Å². The Bertz CT molecular complexity index is 1100. The summed E-state index contributed by atoms with van der Waals surface area (Å²) in [5, 5.41) is 3.98. The Morgan fingerprint density at radius 2 is 1.82 bits per heavy atom. The first-order valence-electron chi connectivity index (χ1n) is 9.61. The van der Waals surface area contributed by atoms with E-state index in [1.807, 2.05) is 5.38 Å². The molecular formula is C24H24N3S. The number of benzene rings is 2. The molecule has 0 spiro atoms. The second-order valence-electron chi connectivity index (χ2n) is 7.59. The lowest BCUT2D eigenvalue weighted by atomic mass is 9.90. The number of thiazole rings is 1. The van der Waals surface area contributed by atoms with E-state index in [9.17, 15) is 0 Å². The van der Waals surface area contributed by atoms with E-state index in [1.54, 1.807) is 11.3 Å². The van der Waals surface area contributed by atoms with E-state index in [4.69, 9.17) is 10.7 Å². The van der Waals surface area contributed by atoms with Crippen molar-refractivity contribution in [1.29, 1.82) is 0 Å². The maximum Gasteiger partial charge on any atom is 0.124 e. The Hall–Kier alpha value is -2.56. The lowest BCUT2D eigenvalue weighted by Crippen LogP contribution is -2.10. The van der Waals surface area contributed by atoms with E-state index in [0.29, 0.717) is 12.5 Å². The number of nitrogens with zero attached hydrogens (tertiary/aromatic N) is 2. The molecule has 0 aliphatic carbocycles. The molecule has 0 amide bonds. The van der Waals surface area contributed by atoms with Crippen LogP contribution in [0, 0.1) is 19.0 Å². The molecule has 141 valence electrons. The van der Waals surface area contributed by atoms with Crippen molar-refractivity contribution in [3.8, 4) is 21.7 Å². The third kappa shape index (κ3) is 3.58. The van der Waals surface area contributed by atoms with Crippen LogP contribution in [0.2, 0.25) is 0 Å². The van der Waals surface area contributed by atoms with Gasteiger partial charge >= 0.3 is 0 Å². The lowest BCUT2D eigenvalue weighted by molar-refractivity contribution is 0.632. The van der Waals surface area contributed by atoms with E-state index < -0.39 is 0 Å². The van der Waals surface area contributed by atoms with Gasteiger partial charge in [-0.3, -0.25) is 4.98 Å². The molecule has 2 aromatic heterocycles.